The molecule has 3 rings (SSSR count). The van der Waals surface area contributed by atoms with Crippen LogP contribution in [-0.4, -0.2) is 35.8 Å². The number of halogens is 1. The van der Waals surface area contributed by atoms with E-state index >= 15 is 0 Å². The molecule has 27 heavy (non-hydrogen) atoms. The number of nitrogens with zero attached hydrogens (tertiary/aromatic N) is 1. The van der Waals surface area contributed by atoms with Gasteiger partial charge in [-0.05, 0) is 37.3 Å². The molecule has 0 radical (unpaired) electrons. The lowest BCUT2D eigenvalue weighted by molar-refractivity contribution is -0.142. The lowest BCUT2D eigenvalue weighted by Crippen LogP contribution is -2.40. The third-order valence-electron chi connectivity index (χ3n) is 3.99. The molecule has 0 aliphatic rings. The topological polar surface area (TPSA) is 79.5 Å². The molecule has 1 heterocycles. The van der Waals surface area contributed by atoms with E-state index in [2.05, 4.69) is 4.98 Å². The Kier molecular flexibility index (Phi) is 5.30. The molecule has 0 saturated heterocycles. The quantitative estimate of drug-likeness (QED) is 0.410. The molecule has 0 atom stereocenters. The fourth-order valence-corrected chi connectivity index (χ4v) is 2.75. The van der Waals surface area contributed by atoms with Gasteiger partial charge in [0.25, 0.3) is 11.7 Å². The van der Waals surface area contributed by atoms with Crippen molar-refractivity contribution in [3.05, 3.63) is 66.1 Å². The van der Waals surface area contributed by atoms with Gasteiger partial charge in [0.1, 0.15) is 12.4 Å². The molecule has 0 spiro atoms. The summed E-state index contributed by atoms with van der Waals surface area (Å²) < 4.78 is 18.2. The smallest absolute Gasteiger partial charge is 0.326 e. The molecule has 0 aliphatic heterocycles. The summed E-state index contributed by atoms with van der Waals surface area (Å²) >= 11 is 0. The molecule has 6 nitrogen and oxygen atoms in total. The van der Waals surface area contributed by atoms with E-state index in [1.807, 2.05) is 0 Å². The normalized spacial score (nSPS) is 10.6. The van der Waals surface area contributed by atoms with Crippen molar-refractivity contribution >= 4 is 34.3 Å². The molecule has 1 amide bonds. The molecule has 0 saturated carbocycles. The second-order valence-corrected chi connectivity index (χ2v) is 5.75. The van der Waals surface area contributed by atoms with Gasteiger partial charge in [-0.2, -0.15) is 0 Å². The molecule has 1 N–H and O–H groups in total. The molecule has 2 aromatic carbocycles. The van der Waals surface area contributed by atoms with Crippen molar-refractivity contribution < 1.29 is 24.9 Å². The molecule has 140 valence electrons. The highest BCUT2D eigenvalue weighted by atomic mass is 19.1. The van der Waals surface area contributed by atoms with Gasteiger partial charge < -0.3 is 9.72 Å². The van der Waals surface area contributed by atoms with Crippen molar-refractivity contribution in [2.75, 3.05) is 18.1 Å². The summed E-state index contributed by atoms with van der Waals surface area (Å²) in [6.07, 6.45) is 1.36. The summed E-state index contributed by atoms with van der Waals surface area (Å²) in [6, 6.07) is 12.3. The van der Waals surface area contributed by atoms with Gasteiger partial charge in [0.2, 0.25) is 0 Å². The highest BCUT2D eigenvalue weighted by Crippen LogP contribution is 2.22. The number of fused-ring (bicyclic) bond motifs is 1. The lowest BCUT2D eigenvalue weighted by atomic mass is 10.1. The number of benzene rings is 2. The lowest BCUT2D eigenvalue weighted by Gasteiger charge is -2.21. The van der Waals surface area contributed by atoms with Gasteiger partial charge in [-0.1, -0.05) is 18.2 Å². The Hall–Kier alpha value is -3.48. The van der Waals surface area contributed by atoms with E-state index in [0.717, 1.165) is 4.90 Å². The number of aromatic nitrogens is 1. The number of amides is 1. The van der Waals surface area contributed by atoms with Gasteiger partial charge in [-0.3, -0.25) is 19.3 Å². The molecule has 1 aromatic heterocycles. The number of para-hydroxylation sites is 1. The zero-order chi connectivity index (χ0) is 19.4. The average molecular weight is 370 g/mol. The van der Waals surface area contributed by atoms with Gasteiger partial charge in [0.05, 0.1) is 12.2 Å². The predicted molar refractivity (Wildman–Crippen MR) is 100 cm³/mol. The number of aromatic amines is 1. The Morgan fingerprint density at radius 3 is 2.59 bits per heavy atom. The first kappa shape index (κ1) is 18.3. The number of esters is 1. The molecule has 0 bridgehead atoms. The van der Waals surface area contributed by atoms with Crippen LogP contribution in [0.1, 0.15) is 18.7 Å². The molecule has 7 heteroatoms. The zero-order valence-corrected chi connectivity index (χ0v) is 14.6. The van der Waals surface area contributed by atoms with E-state index in [4.69, 9.17) is 4.74 Å². The second kappa shape index (κ2) is 7.82. The molecule has 0 fully saturated rings. The minimum atomic E-state index is -0.875. The summed E-state index contributed by atoms with van der Waals surface area (Å²) in [7, 11) is 0. The van der Waals surface area contributed by atoms with Crippen molar-refractivity contribution in [1.82, 2.24) is 4.98 Å². The van der Waals surface area contributed by atoms with Gasteiger partial charge in [0.15, 0.2) is 0 Å². The van der Waals surface area contributed by atoms with Crippen LogP contribution in [0.3, 0.4) is 0 Å². The monoisotopic (exact) mass is 370 g/mol. The average Bonchev–Trinajstić information content (AvgIpc) is 3.09. The van der Waals surface area contributed by atoms with Crippen LogP contribution in [-0.2, 0) is 14.3 Å². The maximum Gasteiger partial charge on any atom is 0.326 e. The Balaban J connectivity index is 0.00000280. The van der Waals surface area contributed by atoms with Crippen LogP contribution in [0.5, 0.6) is 0 Å². The Morgan fingerprint density at radius 1 is 1.15 bits per heavy atom. The number of Topliss-reactive ketones (excluding diaryl/α,β-unsaturated/α-hetero) is 1. The fourth-order valence-electron chi connectivity index (χ4n) is 2.75. The van der Waals surface area contributed by atoms with Crippen molar-refractivity contribution in [2.24, 2.45) is 0 Å². The Bertz CT molecular complexity index is 1000. The minimum absolute atomic E-state index is 0. The van der Waals surface area contributed by atoms with E-state index in [9.17, 15) is 18.8 Å². The van der Waals surface area contributed by atoms with E-state index in [1.165, 1.54) is 24.4 Å². The maximum atomic E-state index is 13.3. The number of rotatable bonds is 6. The second-order valence-electron chi connectivity index (χ2n) is 5.75. The number of nitrogens with one attached hydrogen (secondary N) is 1. The summed E-state index contributed by atoms with van der Waals surface area (Å²) in [6.45, 7) is 1.43. The van der Waals surface area contributed by atoms with E-state index in [-0.39, 0.29) is 20.1 Å². The fraction of sp³-hybridized carbons (Fsp3) is 0.150. The third kappa shape index (κ3) is 3.87. The molecular formula is C20H19FN2O4. The Labute approximate surface area is 156 Å². The maximum absolute atomic E-state index is 13.3. The largest absolute Gasteiger partial charge is 0.465 e. The predicted octanol–water partition coefficient (Wildman–Crippen LogP) is 3.33. The number of H-pyrrole nitrogens is 1. The highest BCUT2D eigenvalue weighted by molar-refractivity contribution is 6.49. The van der Waals surface area contributed by atoms with Crippen LogP contribution in [0.15, 0.2) is 54.7 Å². The molecule has 0 aliphatic carbocycles. The summed E-state index contributed by atoms with van der Waals surface area (Å²) in [4.78, 5) is 41.4. The van der Waals surface area contributed by atoms with Crippen LogP contribution in [0.2, 0.25) is 0 Å². The Morgan fingerprint density at radius 2 is 1.89 bits per heavy atom. The van der Waals surface area contributed by atoms with Crippen LogP contribution in [0.4, 0.5) is 10.1 Å². The summed E-state index contributed by atoms with van der Waals surface area (Å²) in [5, 5.41) is 0.430. The van der Waals surface area contributed by atoms with E-state index in [0.29, 0.717) is 16.6 Å². The third-order valence-corrected chi connectivity index (χ3v) is 3.99. The highest BCUT2D eigenvalue weighted by Gasteiger charge is 2.28. The van der Waals surface area contributed by atoms with E-state index in [1.54, 1.807) is 37.3 Å². The number of ketones is 1. The number of anilines is 1. The number of ether oxygens (including phenoxy) is 1. The van der Waals surface area contributed by atoms with E-state index < -0.39 is 23.5 Å². The molecular weight excluding hydrogens is 351 g/mol. The van der Waals surface area contributed by atoms with Gasteiger partial charge in [-0.25, -0.2) is 4.39 Å². The summed E-state index contributed by atoms with van der Waals surface area (Å²) in [5.41, 5.74) is 0.914. The first-order valence-corrected chi connectivity index (χ1v) is 8.34. The number of carbonyl (C=O) groups excluding carboxylic acids is 3. The number of hydrogen-bond donors (Lipinski definition) is 1. The van der Waals surface area contributed by atoms with Crippen LogP contribution in [0.25, 0.3) is 10.9 Å². The molecule has 0 unspecified atom stereocenters. The zero-order valence-electron chi connectivity index (χ0n) is 14.6. The molecule has 3 aromatic rings. The minimum Gasteiger partial charge on any atom is -0.465 e. The van der Waals surface area contributed by atoms with Gasteiger partial charge in [-0.15, -0.1) is 0 Å². The SMILES string of the molecule is CCOC(=O)CN(C(=O)C(=O)c1c[nH]c2cc(F)ccc12)c1ccccc1.[HH]. The number of hydrogen-bond acceptors (Lipinski definition) is 4. The van der Waals surface area contributed by atoms with Crippen molar-refractivity contribution in [3.8, 4) is 0 Å². The van der Waals surface area contributed by atoms with Crippen molar-refractivity contribution in [3.63, 3.8) is 0 Å². The first-order valence-electron chi connectivity index (χ1n) is 8.34. The van der Waals surface area contributed by atoms with Crippen LogP contribution >= 0.6 is 0 Å². The standard InChI is InChI=1S/C20H17FN2O4.H2/c1-2-27-18(24)12-23(14-6-4-3-5-7-14)20(26)19(25)16-11-22-17-10-13(21)8-9-15(16)17;/h3-11,22H,2,12H2,1H3;1H. The van der Waals surface area contributed by atoms with Crippen LogP contribution < -0.4 is 4.90 Å². The van der Waals surface area contributed by atoms with Crippen LogP contribution in [0, 0.1) is 5.82 Å². The van der Waals surface area contributed by atoms with Gasteiger partial charge in [0, 0.05) is 24.2 Å². The summed E-state index contributed by atoms with van der Waals surface area (Å²) in [5.74, 6) is -2.76. The van der Waals surface area contributed by atoms with Crippen molar-refractivity contribution in [2.45, 2.75) is 6.92 Å². The van der Waals surface area contributed by atoms with Crippen molar-refractivity contribution in [1.29, 1.82) is 0 Å². The van der Waals surface area contributed by atoms with Gasteiger partial charge >= 0.3 is 5.97 Å². The number of carbonyl (C=O) groups is 3. The first-order chi connectivity index (χ1) is 13.0.